The lowest BCUT2D eigenvalue weighted by Gasteiger charge is -2.39. The summed E-state index contributed by atoms with van der Waals surface area (Å²) in [4.78, 5) is 0. The molecular formula is C23H38BNO2. The number of rotatable bonds is 10. The Labute approximate surface area is 165 Å². The van der Waals surface area contributed by atoms with Gasteiger partial charge in [0.1, 0.15) is 0 Å². The molecule has 4 N–H and O–H groups in total. The van der Waals surface area contributed by atoms with Gasteiger partial charge in [0.15, 0.2) is 0 Å². The minimum Gasteiger partial charge on any atom is -0.427 e. The molecule has 4 heteroatoms. The van der Waals surface area contributed by atoms with Gasteiger partial charge in [-0.2, -0.15) is 0 Å². The standard InChI is InChI=1S/C23H38BNO2/c25-23(8-4-5-15-24(26)27)22-16-19(17-22)10-9-18-11-13-21(14-12-18)20-6-2-1-3-7-20/h11-14,19-20,22-23,26-27H,1-10,15-17,25H2. The first-order valence-corrected chi connectivity index (χ1v) is 11.3. The normalized spacial score (nSPS) is 24.4. The van der Waals surface area contributed by atoms with Gasteiger partial charge >= 0.3 is 7.12 Å². The Kier molecular flexibility index (Phi) is 8.23. The van der Waals surface area contributed by atoms with Gasteiger partial charge in [-0.05, 0) is 80.1 Å². The number of benzene rings is 1. The number of nitrogens with two attached hydrogens (primary N) is 1. The van der Waals surface area contributed by atoms with Gasteiger partial charge < -0.3 is 15.8 Å². The van der Waals surface area contributed by atoms with E-state index in [4.69, 9.17) is 15.8 Å². The first kappa shape index (κ1) is 20.9. The Morgan fingerprint density at radius 2 is 1.70 bits per heavy atom. The molecule has 3 nitrogen and oxygen atoms in total. The van der Waals surface area contributed by atoms with E-state index in [1.807, 2.05) is 0 Å². The predicted octanol–water partition coefficient (Wildman–Crippen LogP) is 4.66. The lowest BCUT2D eigenvalue weighted by molar-refractivity contribution is 0.147. The van der Waals surface area contributed by atoms with Crippen LogP contribution >= 0.6 is 0 Å². The third-order valence-corrected chi connectivity index (χ3v) is 7.03. The van der Waals surface area contributed by atoms with Crippen LogP contribution in [0.1, 0.15) is 87.7 Å². The van der Waals surface area contributed by atoms with Crippen molar-refractivity contribution in [2.75, 3.05) is 0 Å². The van der Waals surface area contributed by atoms with Crippen molar-refractivity contribution in [3.63, 3.8) is 0 Å². The Balaban J connectivity index is 1.30. The summed E-state index contributed by atoms with van der Waals surface area (Å²) < 4.78 is 0. The smallest absolute Gasteiger partial charge is 0.427 e. The van der Waals surface area contributed by atoms with Crippen LogP contribution in [0.25, 0.3) is 0 Å². The molecule has 0 radical (unpaired) electrons. The number of aryl methyl sites for hydroxylation is 1. The summed E-state index contributed by atoms with van der Waals surface area (Å²) in [6, 6.07) is 9.79. The summed E-state index contributed by atoms with van der Waals surface area (Å²) in [5.74, 6) is 2.34. The van der Waals surface area contributed by atoms with Crippen LogP contribution in [0.15, 0.2) is 24.3 Å². The maximum Gasteiger partial charge on any atom is 0.451 e. The van der Waals surface area contributed by atoms with Crippen LogP contribution in [0.3, 0.4) is 0 Å². The topological polar surface area (TPSA) is 66.5 Å². The minimum absolute atomic E-state index is 0.298. The highest BCUT2D eigenvalue weighted by Crippen LogP contribution is 2.39. The van der Waals surface area contributed by atoms with Crippen molar-refractivity contribution in [3.05, 3.63) is 35.4 Å². The van der Waals surface area contributed by atoms with Crippen LogP contribution in [0, 0.1) is 11.8 Å². The molecule has 150 valence electrons. The summed E-state index contributed by atoms with van der Waals surface area (Å²) in [5, 5.41) is 17.8. The van der Waals surface area contributed by atoms with Gasteiger partial charge in [0.25, 0.3) is 0 Å². The van der Waals surface area contributed by atoms with E-state index in [2.05, 4.69) is 24.3 Å². The lowest BCUT2D eigenvalue weighted by atomic mass is 9.68. The zero-order valence-electron chi connectivity index (χ0n) is 16.9. The van der Waals surface area contributed by atoms with Crippen molar-refractivity contribution in [3.8, 4) is 0 Å². The molecule has 1 aromatic carbocycles. The largest absolute Gasteiger partial charge is 0.451 e. The van der Waals surface area contributed by atoms with E-state index < -0.39 is 7.12 Å². The predicted molar refractivity (Wildman–Crippen MR) is 114 cm³/mol. The molecule has 0 bridgehead atoms. The van der Waals surface area contributed by atoms with E-state index in [9.17, 15) is 0 Å². The molecule has 0 heterocycles. The first-order valence-electron chi connectivity index (χ1n) is 11.3. The summed E-state index contributed by atoms with van der Waals surface area (Å²) in [6.07, 6.45) is 15.4. The van der Waals surface area contributed by atoms with Crippen molar-refractivity contribution < 1.29 is 10.0 Å². The molecule has 27 heavy (non-hydrogen) atoms. The zero-order chi connectivity index (χ0) is 19.1. The van der Waals surface area contributed by atoms with Gasteiger partial charge in [0.05, 0.1) is 0 Å². The van der Waals surface area contributed by atoms with Gasteiger partial charge in [-0.25, -0.2) is 0 Å². The molecule has 1 aromatic rings. The fraction of sp³-hybridized carbons (Fsp3) is 0.739. The maximum absolute atomic E-state index is 8.88. The first-order chi connectivity index (χ1) is 13.1. The second-order valence-corrected chi connectivity index (χ2v) is 9.14. The molecule has 2 fully saturated rings. The van der Waals surface area contributed by atoms with E-state index in [0.717, 1.165) is 31.1 Å². The number of unbranched alkanes of at least 4 members (excludes halogenated alkanes) is 1. The summed E-state index contributed by atoms with van der Waals surface area (Å²) in [5.41, 5.74) is 9.38. The highest BCUT2D eigenvalue weighted by molar-refractivity contribution is 6.40. The fourth-order valence-corrected chi connectivity index (χ4v) is 5.08. The SMILES string of the molecule is NC(CCCCB(O)O)C1CC(CCc2ccc(C3CCCCC3)cc2)C1. The van der Waals surface area contributed by atoms with Crippen LogP contribution < -0.4 is 5.73 Å². The Bertz CT molecular complexity index is 536. The van der Waals surface area contributed by atoms with E-state index in [-0.39, 0.29) is 0 Å². The molecule has 0 spiro atoms. The summed E-state index contributed by atoms with van der Waals surface area (Å²) >= 11 is 0. The Morgan fingerprint density at radius 3 is 2.37 bits per heavy atom. The molecule has 0 amide bonds. The van der Waals surface area contributed by atoms with E-state index in [0.29, 0.717) is 18.3 Å². The van der Waals surface area contributed by atoms with Crippen molar-refractivity contribution in [2.24, 2.45) is 17.6 Å². The second kappa shape index (κ2) is 10.6. The fourth-order valence-electron chi connectivity index (χ4n) is 5.08. The van der Waals surface area contributed by atoms with Gasteiger partial charge in [-0.3, -0.25) is 0 Å². The highest BCUT2D eigenvalue weighted by atomic mass is 16.4. The van der Waals surface area contributed by atoms with E-state index in [1.54, 1.807) is 5.56 Å². The van der Waals surface area contributed by atoms with Crippen LogP contribution in [0.4, 0.5) is 0 Å². The van der Waals surface area contributed by atoms with E-state index in [1.165, 1.54) is 63.4 Å². The molecular weight excluding hydrogens is 333 g/mol. The summed E-state index contributed by atoms with van der Waals surface area (Å²) in [6.45, 7) is 0. The average molecular weight is 371 g/mol. The van der Waals surface area contributed by atoms with Gasteiger partial charge in [-0.15, -0.1) is 0 Å². The van der Waals surface area contributed by atoms with Crippen LogP contribution in [0.2, 0.25) is 6.32 Å². The third kappa shape index (κ3) is 6.62. The van der Waals surface area contributed by atoms with E-state index >= 15 is 0 Å². The van der Waals surface area contributed by atoms with Gasteiger partial charge in [0, 0.05) is 6.04 Å². The molecule has 2 aliphatic carbocycles. The summed E-state index contributed by atoms with van der Waals surface area (Å²) in [7, 11) is -1.16. The molecule has 0 aromatic heterocycles. The van der Waals surface area contributed by atoms with Crippen LogP contribution in [-0.2, 0) is 6.42 Å². The Morgan fingerprint density at radius 1 is 1.00 bits per heavy atom. The lowest BCUT2D eigenvalue weighted by Crippen LogP contribution is -2.39. The monoisotopic (exact) mass is 371 g/mol. The van der Waals surface area contributed by atoms with Crippen molar-refractivity contribution in [1.82, 2.24) is 0 Å². The third-order valence-electron chi connectivity index (χ3n) is 7.03. The van der Waals surface area contributed by atoms with Crippen LogP contribution in [-0.4, -0.2) is 23.2 Å². The molecule has 2 saturated carbocycles. The average Bonchev–Trinajstić information content (AvgIpc) is 2.65. The molecule has 0 aliphatic heterocycles. The van der Waals surface area contributed by atoms with Crippen molar-refractivity contribution >= 4 is 7.12 Å². The highest BCUT2D eigenvalue weighted by Gasteiger charge is 2.32. The number of hydrogen-bond donors (Lipinski definition) is 3. The quantitative estimate of drug-likeness (QED) is 0.414. The van der Waals surface area contributed by atoms with Crippen LogP contribution in [0.5, 0.6) is 0 Å². The number of hydrogen-bond acceptors (Lipinski definition) is 3. The molecule has 1 atom stereocenters. The maximum atomic E-state index is 8.88. The zero-order valence-corrected chi connectivity index (χ0v) is 16.9. The van der Waals surface area contributed by atoms with Crippen molar-refractivity contribution in [2.45, 2.75) is 95.3 Å². The Hall–Kier alpha value is -0.835. The minimum atomic E-state index is -1.16. The van der Waals surface area contributed by atoms with Gasteiger partial charge in [-0.1, -0.05) is 56.4 Å². The molecule has 2 aliphatic rings. The second-order valence-electron chi connectivity index (χ2n) is 9.14. The molecule has 3 rings (SSSR count). The molecule has 0 saturated heterocycles. The van der Waals surface area contributed by atoms with Crippen molar-refractivity contribution in [1.29, 1.82) is 0 Å². The van der Waals surface area contributed by atoms with Gasteiger partial charge in [0.2, 0.25) is 0 Å². The molecule has 1 unspecified atom stereocenters.